The predicted molar refractivity (Wildman–Crippen MR) is 64.9 cm³/mol. The van der Waals surface area contributed by atoms with Crippen LogP contribution in [0, 0.1) is 18.3 Å². The van der Waals surface area contributed by atoms with Crippen LogP contribution in [0.3, 0.4) is 0 Å². The topological polar surface area (TPSA) is 79.5 Å². The van der Waals surface area contributed by atoms with Gasteiger partial charge < -0.3 is 14.6 Å². The van der Waals surface area contributed by atoms with Gasteiger partial charge in [0, 0.05) is 11.1 Å². The van der Waals surface area contributed by atoms with Crippen molar-refractivity contribution in [2.45, 2.75) is 19.3 Å². The maximum atomic E-state index is 11.3. The first-order valence-electron chi connectivity index (χ1n) is 5.29. The molecule has 5 nitrogen and oxygen atoms in total. The number of benzene rings is 1. The molecule has 96 valence electrons. The summed E-state index contributed by atoms with van der Waals surface area (Å²) in [6.45, 7) is 3.10. The van der Waals surface area contributed by atoms with Gasteiger partial charge in [-0.2, -0.15) is 5.26 Å². The van der Waals surface area contributed by atoms with E-state index in [9.17, 15) is 9.90 Å². The minimum Gasteiger partial charge on any atom is -0.496 e. The summed E-state index contributed by atoms with van der Waals surface area (Å²) in [4.78, 5) is 11.3. The van der Waals surface area contributed by atoms with E-state index in [2.05, 4.69) is 0 Å². The van der Waals surface area contributed by atoms with Gasteiger partial charge in [-0.25, -0.2) is 0 Å². The largest absolute Gasteiger partial charge is 0.496 e. The molecule has 1 unspecified atom stereocenters. The average Bonchev–Trinajstić information content (AvgIpc) is 2.37. The molecule has 0 bridgehead atoms. The Bertz CT molecular complexity index is 518. The van der Waals surface area contributed by atoms with Crippen LogP contribution in [0.25, 0.3) is 0 Å². The Balaban J connectivity index is 3.57. The third kappa shape index (κ3) is 1.97. The van der Waals surface area contributed by atoms with Crippen molar-refractivity contribution in [1.82, 2.24) is 0 Å². The van der Waals surface area contributed by atoms with E-state index in [1.165, 1.54) is 21.1 Å². The van der Waals surface area contributed by atoms with Crippen LogP contribution in [0.1, 0.15) is 18.1 Å². The van der Waals surface area contributed by atoms with E-state index in [-0.39, 0.29) is 0 Å². The van der Waals surface area contributed by atoms with Gasteiger partial charge in [0.15, 0.2) is 5.41 Å². The number of hydrogen-bond acceptors (Lipinski definition) is 4. The Morgan fingerprint density at radius 2 is 2.00 bits per heavy atom. The minimum absolute atomic E-state index is 0.318. The monoisotopic (exact) mass is 249 g/mol. The summed E-state index contributed by atoms with van der Waals surface area (Å²) in [7, 11) is 2.95. The van der Waals surface area contributed by atoms with Crippen LogP contribution in [-0.4, -0.2) is 25.3 Å². The van der Waals surface area contributed by atoms with Crippen LogP contribution in [-0.2, 0) is 10.2 Å². The first-order valence-corrected chi connectivity index (χ1v) is 5.29. The van der Waals surface area contributed by atoms with Gasteiger partial charge in [-0.15, -0.1) is 0 Å². The summed E-state index contributed by atoms with van der Waals surface area (Å²) in [5.74, 6) is -0.269. The van der Waals surface area contributed by atoms with Gasteiger partial charge in [0.25, 0.3) is 0 Å². The number of rotatable bonds is 4. The van der Waals surface area contributed by atoms with Crippen molar-refractivity contribution >= 4 is 5.97 Å². The molecule has 1 aromatic rings. The highest BCUT2D eigenvalue weighted by Gasteiger charge is 2.39. The number of methoxy groups -OCH3 is 2. The molecule has 0 radical (unpaired) electrons. The quantitative estimate of drug-likeness (QED) is 0.881. The lowest BCUT2D eigenvalue weighted by atomic mass is 9.82. The number of ether oxygens (including phenoxy) is 2. The second-order valence-electron chi connectivity index (χ2n) is 4.02. The van der Waals surface area contributed by atoms with Crippen molar-refractivity contribution in [3.63, 3.8) is 0 Å². The first-order chi connectivity index (χ1) is 8.42. The summed E-state index contributed by atoms with van der Waals surface area (Å²) >= 11 is 0. The Labute approximate surface area is 106 Å². The van der Waals surface area contributed by atoms with Crippen molar-refractivity contribution in [1.29, 1.82) is 5.26 Å². The smallest absolute Gasteiger partial charge is 0.328 e. The van der Waals surface area contributed by atoms with Crippen LogP contribution in [0.4, 0.5) is 0 Å². The van der Waals surface area contributed by atoms with E-state index < -0.39 is 11.4 Å². The predicted octanol–water partition coefficient (Wildman–Crippen LogP) is 1.88. The molecular formula is C13H15NO4. The van der Waals surface area contributed by atoms with Crippen molar-refractivity contribution < 1.29 is 19.4 Å². The van der Waals surface area contributed by atoms with Gasteiger partial charge in [0.05, 0.1) is 20.3 Å². The Morgan fingerprint density at radius 1 is 1.39 bits per heavy atom. The van der Waals surface area contributed by atoms with Crippen LogP contribution in [0.15, 0.2) is 12.1 Å². The molecule has 0 aliphatic heterocycles. The zero-order valence-electron chi connectivity index (χ0n) is 10.8. The molecule has 0 spiro atoms. The molecular weight excluding hydrogens is 234 g/mol. The van der Waals surface area contributed by atoms with E-state index in [4.69, 9.17) is 14.7 Å². The van der Waals surface area contributed by atoms with Gasteiger partial charge in [-0.05, 0) is 26.0 Å². The lowest BCUT2D eigenvalue weighted by Crippen LogP contribution is -2.31. The third-order valence-electron chi connectivity index (χ3n) is 2.97. The molecule has 0 heterocycles. The number of nitriles is 1. The molecule has 1 N–H and O–H groups in total. The number of carbonyl (C=O) groups is 1. The van der Waals surface area contributed by atoms with E-state index >= 15 is 0 Å². The number of carboxylic acid groups (broad SMARTS) is 1. The second-order valence-corrected chi connectivity index (χ2v) is 4.02. The molecule has 0 aliphatic carbocycles. The standard InChI is InChI=1S/C13H15NO4/c1-8-10(17-3)6-5-9(11(8)18-4)13(2,7-14)12(15)16/h5-6H,1-4H3,(H,15,16). The summed E-state index contributed by atoms with van der Waals surface area (Å²) in [5.41, 5.74) is -0.666. The molecule has 0 saturated carbocycles. The zero-order valence-corrected chi connectivity index (χ0v) is 10.8. The molecule has 0 aromatic heterocycles. The lowest BCUT2D eigenvalue weighted by Gasteiger charge is -2.22. The third-order valence-corrected chi connectivity index (χ3v) is 2.97. The number of hydrogen-bond donors (Lipinski definition) is 1. The minimum atomic E-state index is -1.65. The first kappa shape index (κ1) is 13.8. The van der Waals surface area contributed by atoms with Gasteiger partial charge in [0.1, 0.15) is 11.5 Å². The van der Waals surface area contributed by atoms with Crippen molar-refractivity contribution in [3.05, 3.63) is 23.3 Å². The highest BCUT2D eigenvalue weighted by molar-refractivity contribution is 5.86. The van der Waals surface area contributed by atoms with Crippen molar-refractivity contribution in [2.75, 3.05) is 14.2 Å². The molecule has 0 amide bonds. The highest BCUT2D eigenvalue weighted by atomic mass is 16.5. The summed E-state index contributed by atoms with van der Waals surface area (Å²) in [5, 5.41) is 18.3. The Hall–Kier alpha value is -2.22. The summed E-state index contributed by atoms with van der Waals surface area (Å²) < 4.78 is 10.4. The highest BCUT2D eigenvalue weighted by Crippen LogP contribution is 2.38. The van der Waals surface area contributed by atoms with Gasteiger partial charge >= 0.3 is 5.97 Å². The molecule has 0 fully saturated rings. The number of carboxylic acids is 1. The van der Waals surface area contributed by atoms with Gasteiger partial charge in [-0.3, -0.25) is 4.79 Å². The van der Waals surface area contributed by atoms with Crippen LogP contribution in [0.5, 0.6) is 11.5 Å². The SMILES string of the molecule is COc1ccc(C(C)(C#N)C(=O)O)c(OC)c1C. The molecule has 0 aliphatic rings. The van der Waals surface area contributed by atoms with E-state index in [1.807, 2.05) is 6.07 Å². The van der Waals surface area contributed by atoms with Crippen molar-refractivity contribution in [3.8, 4) is 17.6 Å². The van der Waals surface area contributed by atoms with E-state index in [0.717, 1.165) is 0 Å². The van der Waals surface area contributed by atoms with E-state index in [0.29, 0.717) is 22.6 Å². The van der Waals surface area contributed by atoms with Gasteiger partial charge in [0.2, 0.25) is 0 Å². The molecule has 1 atom stereocenters. The van der Waals surface area contributed by atoms with Crippen molar-refractivity contribution in [2.24, 2.45) is 0 Å². The number of aliphatic carboxylic acids is 1. The van der Waals surface area contributed by atoms with Crippen LogP contribution in [0.2, 0.25) is 0 Å². The summed E-state index contributed by atoms with van der Waals surface area (Å²) in [6.07, 6.45) is 0. The summed E-state index contributed by atoms with van der Waals surface area (Å²) in [6, 6.07) is 4.99. The molecule has 1 aromatic carbocycles. The fourth-order valence-electron chi connectivity index (χ4n) is 1.77. The maximum absolute atomic E-state index is 11.3. The zero-order chi connectivity index (χ0) is 13.9. The lowest BCUT2D eigenvalue weighted by molar-refractivity contribution is -0.141. The average molecular weight is 249 g/mol. The molecule has 18 heavy (non-hydrogen) atoms. The maximum Gasteiger partial charge on any atom is 0.328 e. The Morgan fingerprint density at radius 3 is 2.39 bits per heavy atom. The molecule has 5 heteroatoms. The van der Waals surface area contributed by atoms with Gasteiger partial charge in [-0.1, -0.05) is 0 Å². The van der Waals surface area contributed by atoms with Crippen LogP contribution < -0.4 is 9.47 Å². The van der Waals surface area contributed by atoms with Crippen LogP contribution >= 0.6 is 0 Å². The fourth-order valence-corrected chi connectivity index (χ4v) is 1.77. The second kappa shape index (κ2) is 4.96. The fraction of sp³-hybridized carbons (Fsp3) is 0.385. The number of nitrogens with zero attached hydrogens (tertiary/aromatic N) is 1. The normalized spacial score (nSPS) is 13.3. The van der Waals surface area contributed by atoms with E-state index in [1.54, 1.807) is 19.1 Å². The Kier molecular flexibility index (Phi) is 3.82. The molecule has 1 rings (SSSR count). The molecule has 0 saturated heterocycles.